The van der Waals surface area contributed by atoms with Gasteiger partial charge in [-0.25, -0.2) is 13.1 Å². The molecule has 2 aromatic carbocycles. The van der Waals surface area contributed by atoms with Gasteiger partial charge in [-0.1, -0.05) is 42.6 Å². The van der Waals surface area contributed by atoms with Crippen molar-refractivity contribution in [1.82, 2.24) is 9.36 Å². The summed E-state index contributed by atoms with van der Waals surface area (Å²) < 4.78 is 28.6. The summed E-state index contributed by atoms with van der Waals surface area (Å²) in [5.41, 5.74) is 0.845. The molecule has 168 valence electrons. The summed E-state index contributed by atoms with van der Waals surface area (Å²) in [4.78, 5) is 26.7. The minimum absolute atomic E-state index is 0.0467. The van der Waals surface area contributed by atoms with Gasteiger partial charge in [0.25, 0.3) is 5.56 Å². The Balaban J connectivity index is 1.76. The number of hydrogen-bond donors (Lipinski definition) is 1. The second-order valence-electron chi connectivity index (χ2n) is 8.05. The van der Waals surface area contributed by atoms with Crippen LogP contribution < -0.4 is 10.9 Å². The van der Waals surface area contributed by atoms with Crippen molar-refractivity contribution in [3.05, 3.63) is 75.7 Å². The first-order valence-electron chi connectivity index (χ1n) is 10.3. The van der Waals surface area contributed by atoms with Crippen molar-refractivity contribution >= 4 is 33.0 Å². The fourth-order valence-corrected chi connectivity index (χ4v) is 6.54. The van der Waals surface area contributed by atoms with Crippen LogP contribution in [0, 0.1) is 6.92 Å². The van der Waals surface area contributed by atoms with Gasteiger partial charge in [-0.2, -0.15) is 0 Å². The van der Waals surface area contributed by atoms with E-state index in [1.54, 1.807) is 30.8 Å². The van der Waals surface area contributed by atoms with Crippen molar-refractivity contribution in [2.24, 2.45) is 7.05 Å². The Morgan fingerprint density at radius 3 is 2.22 bits per heavy atom. The molecule has 0 unspecified atom stereocenters. The van der Waals surface area contributed by atoms with Crippen molar-refractivity contribution in [2.45, 2.75) is 42.2 Å². The molecule has 4 rings (SSSR count). The maximum absolute atomic E-state index is 13.6. The SMILES string of the molecule is Cc1c(NC(=O)C2(S(=O)(=O)c3ccc(Cl)cc3)CCCC2)c(=O)n(-c2ccccc2)n1C. The lowest BCUT2D eigenvalue weighted by Crippen LogP contribution is -2.48. The third kappa shape index (κ3) is 3.47. The monoisotopic (exact) mass is 473 g/mol. The van der Waals surface area contributed by atoms with Crippen LogP contribution in [0.4, 0.5) is 5.69 Å². The summed E-state index contributed by atoms with van der Waals surface area (Å²) >= 11 is 5.92. The van der Waals surface area contributed by atoms with Crippen LogP contribution in [-0.4, -0.2) is 28.4 Å². The number of anilines is 1. The van der Waals surface area contributed by atoms with Crippen LogP contribution in [0.25, 0.3) is 5.69 Å². The third-order valence-electron chi connectivity index (χ3n) is 6.26. The highest BCUT2D eigenvalue weighted by molar-refractivity contribution is 7.93. The van der Waals surface area contributed by atoms with Crippen molar-refractivity contribution in [2.75, 3.05) is 5.32 Å². The largest absolute Gasteiger partial charge is 0.319 e. The molecular formula is C23H24ClN3O4S. The molecule has 1 aromatic heterocycles. The van der Waals surface area contributed by atoms with E-state index in [1.165, 1.54) is 28.9 Å². The standard InChI is InChI=1S/C23H24ClN3O4S/c1-16-20(21(28)27(26(16)2)18-8-4-3-5-9-18)25-22(29)23(14-6-7-15-23)32(30,31)19-12-10-17(24)11-13-19/h3-5,8-13H,6-7,14-15H2,1-2H3,(H,25,29). The van der Waals surface area contributed by atoms with Gasteiger partial charge in [0.05, 0.1) is 16.3 Å². The number of hydrogen-bond acceptors (Lipinski definition) is 4. The van der Waals surface area contributed by atoms with Crippen molar-refractivity contribution in [1.29, 1.82) is 0 Å². The Hall–Kier alpha value is -2.84. The lowest BCUT2D eigenvalue weighted by molar-refractivity contribution is -0.118. The predicted molar refractivity (Wildman–Crippen MR) is 124 cm³/mol. The minimum Gasteiger partial charge on any atom is -0.319 e. The number of nitrogens with zero attached hydrogens (tertiary/aromatic N) is 2. The summed E-state index contributed by atoms with van der Waals surface area (Å²) in [6.45, 7) is 1.71. The van der Waals surface area contributed by atoms with E-state index < -0.39 is 26.1 Å². The molecule has 0 saturated heterocycles. The second-order valence-corrected chi connectivity index (χ2v) is 10.7. The molecular weight excluding hydrogens is 450 g/mol. The molecule has 0 bridgehead atoms. The number of amides is 1. The topological polar surface area (TPSA) is 90.2 Å². The highest BCUT2D eigenvalue weighted by Gasteiger charge is 2.53. The lowest BCUT2D eigenvalue weighted by Gasteiger charge is -2.27. The highest BCUT2D eigenvalue weighted by Crippen LogP contribution is 2.41. The molecule has 1 amide bonds. The number of benzene rings is 2. The quantitative estimate of drug-likeness (QED) is 0.609. The number of carbonyl (C=O) groups is 1. The van der Waals surface area contributed by atoms with E-state index >= 15 is 0 Å². The molecule has 1 heterocycles. The molecule has 0 aliphatic heterocycles. The Labute approximate surface area is 191 Å². The van der Waals surface area contributed by atoms with Gasteiger partial charge >= 0.3 is 0 Å². The van der Waals surface area contributed by atoms with Gasteiger partial charge in [-0.3, -0.25) is 14.3 Å². The molecule has 1 aliphatic rings. The van der Waals surface area contributed by atoms with Gasteiger partial charge in [0.15, 0.2) is 14.6 Å². The van der Waals surface area contributed by atoms with Crippen LogP contribution in [0.15, 0.2) is 64.3 Å². The highest BCUT2D eigenvalue weighted by atomic mass is 35.5. The first-order chi connectivity index (χ1) is 15.2. The van der Waals surface area contributed by atoms with E-state index in [1.807, 2.05) is 18.2 Å². The second kappa shape index (κ2) is 8.26. The Bertz CT molecular complexity index is 1320. The Kier molecular flexibility index (Phi) is 5.77. The van der Waals surface area contributed by atoms with Crippen molar-refractivity contribution in [3.63, 3.8) is 0 Å². The van der Waals surface area contributed by atoms with Gasteiger partial charge in [-0.05, 0) is 56.2 Å². The van der Waals surface area contributed by atoms with Crippen LogP contribution in [0.2, 0.25) is 5.02 Å². The molecule has 1 aliphatic carbocycles. The molecule has 3 aromatic rings. The van der Waals surface area contributed by atoms with Crippen LogP contribution in [-0.2, 0) is 21.7 Å². The molecule has 1 N–H and O–H groups in total. The predicted octanol–water partition coefficient (Wildman–Crippen LogP) is 3.86. The van der Waals surface area contributed by atoms with Crippen LogP contribution in [0.5, 0.6) is 0 Å². The maximum Gasteiger partial charge on any atom is 0.295 e. The molecule has 9 heteroatoms. The first-order valence-corrected chi connectivity index (χ1v) is 12.2. The number of nitrogens with one attached hydrogen (secondary N) is 1. The van der Waals surface area contributed by atoms with Gasteiger partial charge in [0.2, 0.25) is 5.91 Å². The molecule has 32 heavy (non-hydrogen) atoms. The zero-order valence-corrected chi connectivity index (χ0v) is 19.4. The van der Waals surface area contributed by atoms with E-state index in [0.29, 0.717) is 29.2 Å². The summed E-state index contributed by atoms with van der Waals surface area (Å²) in [6, 6.07) is 14.9. The molecule has 0 radical (unpaired) electrons. The zero-order valence-electron chi connectivity index (χ0n) is 17.8. The Morgan fingerprint density at radius 1 is 1.03 bits per heavy atom. The zero-order chi connectivity index (χ0) is 23.1. The summed E-state index contributed by atoms with van der Waals surface area (Å²) in [6.07, 6.45) is 1.62. The number of sulfone groups is 1. The lowest BCUT2D eigenvalue weighted by atomic mass is 10.1. The molecule has 0 atom stereocenters. The van der Waals surface area contributed by atoms with Crippen LogP contribution in [0.3, 0.4) is 0 Å². The average Bonchev–Trinajstić information content (AvgIpc) is 3.36. The Morgan fingerprint density at radius 2 is 1.62 bits per heavy atom. The maximum atomic E-state index is 13.6. The number of halogens is 1. The van der Waals surface area contributed by atoms with E-state index in [2.05, 4.69) is 5.32 Å². The molecule has 7 nitrogen and oxygen atoms in total. The van der Waals surface area contributed by atoms with Gasteiger partial charge in [-0.15, -0.1) is 0 Å². The third-order valence-corrected chi connectivity index (χ3v) is 9.02. The normalized spacial score (nSPS) is 15.6. The smallest absolute Gasteiger partial charge is 0.295 e. The number of aromatic nitrogens is 2. The van der Waals surface area contributed by atoms with E-state index in [4.69, 9.17) is 11.6 Å². The molecule has 1 fully saturated rings. The van der Waals surface area contributed by atoms with Gasteiger partial charge in [0.1, 0.15) is 5.69 Å². The molecule has 0 spiro atoms. The first kappa shape index (κ1) is 22.4. The molecule has 1 saturated carbocycles. The fraction of sp³-hybridized carbons (Fsp3) is 0.304. The number of rotatable bonds is 5. The summed E-state index contributed by atoms with van der Waals surface area (Å²) in [7, 11) is -2.29. The van der Waals surface area contributed by atoms with E-state index in [-0.39, 0.29) is 23.4 Å². The van der Waals surface area contributed by atoms with Crippen molar-refractivity contribution in [3.8, 4) is 5.69 Å². The van der Waals surface area contributed by atoms with E-state index in [0.717, 1.165) is 0 Å². The van der Waals surface area contributed by atoms with Gasteiger partial charge < -0.3 is 5.32 Å². The van der Waals surface area contributed by atoms with Crippen LogP contribution in [0.1, 0.15) is 31.4 Å². The number of para-hydroxylation sites is 1. The van der Waals surface area contributed by atoms with Gasteiger partial charge in [0, 0.05) is 12.1 Å². The van der Waals surface area contributed by atoms with E-state index in [9.17, 15) is 18.0 Å². The minimum atomic E-state index is -4.00. The fourth-order valence-electron chi connectivity index (χ4n) is 4.34. The van der Waals surface area contributed by atoms with Crippen LogP contribution >= 0.6 is 11.6 Å². The van der Waals surface area contributed by atoms with Crippen molar-refractivity contribution < 1.29 is 13.2 Å². The number of carbonyl (C=O) groups excluding carboxylic acids is 1. The summed E-state index contributed by atoms with van der Waals surface area (Å²) in [5.74, 6) is -0.670. The average molecular weight is 474 g/mol. The summed E-state index contributed by atoms with van der Waals surface area (Å²) in [5, 5.41) is 3.09.